The monoisotopic (exact) mass is 360 g/mol. The van der Waals surface area contributed by atoms with Crippen LogP contribution >= 0.6 is 0 Å². The van der Waals surface area contributed by atoms with E-state index in [1.807, 2.05) is 24.3 Å². The molecule has 2 aromatic rings. The van der Waals surface area contributed by atoms with Gasteiger partial charge in [-0.25, -0.2) is 0 Å². The zero-order valence-corrected chi connectivity index (χ0v) is 14.2. The molecule has 0 aliphatic heterocycles. The van der Waals surface area contributed by atoms with Crippen molar-refractivity contribution in [1.82, 2.24) is 20.9 Å². The molecule has 1 heterocycles. The smallest absolute Gasteiger partial charge is 0.322 e. The van der Waals surface area contributed by atoms with E-state index in [4.69, 9.17) is 5.11 Å². The van der Waals surface area contributed by atoms with Crippen LogP contribution in [-0.2, 0) is 25.6 Å². The lowest BCUT2D eigenvalue weighted by atomic mass is 10.0. The van der Waals surface area contributed by atoms with Crippen LogP contribution in [0.1, 0.15) is 12.5 Å². The summed E-state index contributed by atoms with van der Waals surface area (Å²) in [4.78, 5) is 48.8. The van der Waals surface area contributed by atoms with Gasteiger partial charge in [-0.2, -0.15) is 0 Å². The molecule has 0 saturated heterocycles. The molecule has 0 aliphatic rings. The zero-order valence-electron chi connectivity index (χ0n) is 14.2. The van der Waals surface area contributed by atoms with Gasteiger partial charge in [-0.1, -0.05) is 18.2 Å². The highest BCUT2D eigenvalue weighted by molar-refractivity contribution is 5.92. The van der Waals surface area contributed by atoms with Gasteiger partial charge < -0.3 is 26.0 Å². The Morgan fingerprint density at radius 3 is 2.54 bits per heavy atom. The van der Waals surface area contributed by atoms with Gasteiger partial charge in [-0.3, -0.25) is 19.2 Å². The highest BCUT2D eigenvalue weighted by Gasteiger charge is 2.22. The van der Waals surface area contributed by atoms with Crippen molar-refractivity contribution < 1.29 is 24.3 Å². The highest BCUT2D eigenvalue weighted by Crippen LogP contribution is 2.19. The van der Waals surface area contributed by atoms with Gasteiger partial charge in [0.05, 0.1) is 6.54 Å². The summed E-state index contributed by atoms with van der Waals surface area (Å²) in [5, 5.41) is 16.6. The first-order valence-corrected chi connectivity index (χ1v) is 7.95. The number of aliphatic carboxylic acids is 1. The van der Waals surface area contributed by atoms with Crippen molar-refractivity contribution >= 4 is 34.6 Å². The fraction of sp³-hybridized carbons (Fsp3) is 0.294. The van der Waals surface area contributed by atoms with E-state index in [0.717, 1.165) is 16.5 Å². The van der Waals surface area contributed by atoms with Crippen molar-refractivity contribution in [3.8, 4) is 0 Å². The summed E-state index contributed by atoms with van der Waals surface area (Å²) in [6.45, 7) is 0.393. The molecule has 1 atom stereocenters. The largest absolute Gasteiger partial charge is 0.480 e. The topological polar surface area (TPSA) is 140 Å². The van der Waals surface area contributed by atoms with E-state index < -0.39 is 30.4 Å². The molecule has 26 heavy (non-hydrogen) atoms. The molecular formula is C17H20N4O5. The summed E-state index contributed by atoms with van der Waals surface area (Å²) in [5.74, 6) is -2.72. The van der Waals surface area contributed by atoms with Crippen LogP contribution in [0.4, 0.5) is 0 Å². The van der Waals surface area contributed by atoms with Gasteiger partial charge in [0.15, 0.2) is 0 Å². The molecule has 138 valence electrons. The minimum absolute atomic E-state index is 0.242. The van der Waals surface area contributed by atoms with Crippen molar-refractivity contribution in [3.63, 3.8) is 0 Å². The summed E-state index contributed by atoms with van der Waals surface area (Å²) >= 11 is 0. The number of aromatic nitrogens is 1. The van der Waals surface area contributed by atoms with Crippen LogP contribution in [0.15, 0.2) is 30.5 Å². The molecule has 3 amide bonds. The van der Waals surface area contributed by atoms with E-state index in [-0.39, 0.29) is 18.9 Å². The summed E-state index contributed by atoms with van der Waals surface area (Å²) in [7, 11) is 0. The van der Waals surface area contributed by atoms with E-state index in [2.05, 4.69) is 20.9 Å². The van der Waals surface area contributed by atoms with Crippen molar-refractivity contribution in [2.75, 3.05) is 13.1 Å². The van der Waals surface area contributed by atoms with E-state index >= 15 is 0 Å². The van der Waals surface area contributed by atoms with E-state index in [0.29, 0.717) is 0 Å². The second-order valence-corrected chi connectivity index (χ2v) is 5.71. The van der Waals surface area contributed by atoms with Crippen LogP contribution in [0.3, 0.4) is 0 Å². The molecule has 0 fully saturated rings. The first kappa shape index (κ1) is 19.0. The Balaban J connectivity index is 2.02. The Bertz CT molecular complexity index is 829. The number of amides is 3. The predicted molar refractivity (Wildman–Crippen MR) is 93.3 cm³/mol. The number of nitrogens with one attached hydrogen (secondary N) is 4. The second-order valence-electron chi connectivity index (χ2n) is 5.71. The third kappa shape index (κ3) is 5.33. The van der Waals surface area contributed by atoms with Gasteiger partial charge >= 0.3 is 5.97 Å². The van der Waals surface area contributed by atoms with E-state index in [1.54, 1.807) is 6.20 Å². The number of rotatable bonds is 8. The molecular weight excluding hydrogens is 340 g/mol. The first-order chi connectivity index (χ1) is 12.4. The number of carbonyl (C=O) groups excluding carboxylic acids is 3. The number of H-pyrrole nitrogens is 1. The third-order valence-electron chi connectivity index (χ3n) is 3.65. The van der Waals surface area contributed by atoms with Crippen LogP contribution in [0.25, 0.3) is 10.9 Å². The van der Waals surface area contributed by atoms with Crippen LogP contribution < -0.4 is 16.0 Å². The minimum atomic E-state index is -1.18. The molecule has 0 unspecified atom stereocenters. The minimum Gasteiger partial charge on any atom is -0.480 e. The molecule has 1 aromatic heterocycles. The van der Waals surface area contributed by atoms with Gasteiger partial charge in [-0.05, 0) is 11.6 Å². The molecule has 5 N–H and O–H groups in total. The molecule has 9 nitrogen and oxygen atoms in total. The lowest BCUT2D eigenvalue weighted by Gasteiger charge is -2.17. The van der Waals surface area contributed by atoms with Crippen molar-refractivity contribution in [2.45, 2.75) is 19.4 Å². The Hall–Kier alpha value is -3.36. The average Bonchev–Trinajstić information content (AvgIpc) is 3.00. The molecule has 0 spiro atoms. The number of carbonyl (C=O) groups is 4. The summed E-state index contributed by atoms with van der Waals surface area (Å²) in [5.41, 5.74) is 1.77. The SMILES string of the molecule is CC(=O)N[C@@H](Cc1c[nH]c2ccccc12)C(=O)NCC(=O)NCC(=O)O. The number of carboxylic acid groups (broad SMARTS) is 1. The van der Waals surface area contributed by atoms with Gasteiger partial charge in [0.2, 0.25) is 17.7 Å². The molecule has 0 aliphatic carbocycles. The summed E-state index contributed by atoms with van der Waals surface area (Å²) < 4.78 is 0. The number of carboxylic acids is 1. The predicted octanol–water partition coefficient (Wildman–Crippen LogP) is -0.468. The standard InChI is InChI=1S/C17H20N4O5/c1-10(22)21-14(17(26)20-8-15(23)19-9-16(24)25)6-11-7-18-13-5-3-2-4-12(11)13/h2-5,7,14,18H,6,8-9H2,1H3,(H,19,23)(H,20,26)(H,21,22)(H,24,25)/t14-/m0/s1. The molecule has 9 heteroatoms. The number of fused-ring (bicyclic) bond motifs is 1. The van der Waals surface area contributed by atoms with E-state index in [9.17, 15) is 19.2 Å². The zero-order chi connectivity index (χ0) is 19.1. The maximum atomic E-state index is 12.4. The number of hydrogen-bond acceptors (Lipinski definition) is 4. The van der Waals surface area contributed by atoms with Crippen molar-refractivity contribution in [1.29, 1.82) is 0 Å². The lowest BCUT2D eigenvalue weighted by molar-refractivity contribution is -0.138. The number of hydrogen-bond donors (Lipinski definition) is 5. The molecule has 0 bridgehead atoms. The van der Waals surface area contributed by atoms with Gasteiger partial charge in [-0.15, -0.1) is 0 Å². The molecule has 0 saturated carbocycles. The van der Waals surface area contributed by atoms with Gasteiger partial charge in [0.25, 0.3) is 0 Å². The van der Waals surface area contributed by atoms with Crippen LogP contribution in [0.2, 0.25) is 0 Å². The fourth-order valence-corrected chi connectivity index (χ4v) is 2.50. The molecule has 2 rings (SSSR count). The molecule has 0 radical (unpaired) electrons. The fourth-order valence-electron chi connectivity index (χ4n) is 2.50. The highest BCUT2D eigenvalue weighted by atomic mass is 16.4. The second kappa shape index (κ2) is 8.65. The first-order valence-electron chi connectivity index (χ1n) is 7.95. The number of benzene rings is 1. The Labute approximate surface area is 149 Å². The normalized spacial score (nSPS) is 11.6. The lowest BCUT2D eigenvalue weighted by Crippen LogP contribution is -2.49. The maximum absolute atomic E-state index is 12.4. The van der Waals surface area contributed by atoms with Crippen molar-refractivity contribution in [3.05, 3.63) is 36.0 Å². The Kier molecular flexibility index (Phi) is 6.31. The summed E-state index contributed by atoms with van der Waals surface area (Å²) in [6.07, 6.45) is 2.01. The van der Waals surface area contributed by atoms with Gasteiger partial charge in [0.1, 0.15) is 12.6 Å². The Morgan fingerprint density at radius 1 is 1.12 bits per heavy atom. The quantitative estimate of drug-likeness (QED) is 0.433. The van der Waals surface area contributed by atoms with E-state index in [1.165, 1.54) is 6.92 Å². The van der Waals surface area contributed by atoms with Crippen LogP contribution in [0, 0.1) is 0 Å². The molecule has 1 aromatic carbocycles. The van der Waals surface area contributed by atoms with Crippen LogP contribution in [0.5, 0.6) is 0 Å². The Morgan fingerprint density at radius 2 is 1.85 bits per heavy atom. The maximum Gasteiger partial charge on any atom is 0.322 e. The van der Waals surface area contributed by atoms with Crippen molar-refractivity contribution in [2.24, 2.45) is 0 Å². The van der Waals surface area contributed by atoms with Gasteiger partial charge in [0, 0.05) is 30.4 Å². The third-order valence-corrected chi connectivity index (χ3v) is 3.65. The number of para-hydroxylation sites is 1. The summed E-state index contributed by atoms with van der Waals surface area (Å²) in [6, 6.07) is 6.71. The average molecular weight is 360 g/mol. The van der Waals surface area contributed by atoms with Crippen LogP contribution in [-0.4, -0.2) is 52.9 Å². The number of aromatic amines is 1.